The zero-order chi connectivity index (χ0) is 10.0. The lowest BCUT2D eigenvalue weighted by Gasteiger charge is -1.96. The Balaban J connectivity index is 3.00. The number of carbonyl (C=O) groups excluding carboxylic acids is 2. The molecule has 3 N–H and O–H groups in total. The van der Waals surface area contributed by atoms with Crippen LogP contribution in [0.4, 0.5) is 0 Å². The van der Waals surface area contributed by atoms with Crippen LogP contribution in [0.1, 0.15) is 6.92 Å². The van der Waals surface area contributed by atoms with Crippen molar-refractivity contribution in [1.82, 2.24) is 0 Å². The van der Waals surface area contributed by atoms with Crippen molar-refractivity contribution in [1.29, 1.82) is 0 Å². The van der Waals surface area contributed by atoms with E-state index >= 15 is 0 Å². The second kappa shape index (κ2) is 3.26. The molecule has 0 aromatic heterocycles. The molecule has 0 saturated heterocycles. The summed E-state index contributed by atoms with van der Waals surface area (Å²) in [6, 6.07) is 0. The Labute approximate surface area is 73.7 Å². The number of cyclic esters (lactones) is 1. The van der Waals surface area contributed by atoms with Gasteiger partial charge in [-0.25, -0.2) is 4.79 Å². The molecule has 0 aromatic carbocycles. The zero-order valence-electron chi connectivity index (χ0n) is 6.90. The van der Waals surface area contributed by atoms with E-state index in [4.69, 9.17) is 10.8 Å². The first-order valence-electron chi connectivity index (χ1n) is 3.46. The number of amidine groups is 1. The number of aliphatic hydroxyl groups excluding tert-OH is 1. The number of hydrogen-bond acceptors (Lipinski definition) is 4. The maximum Gasteiger partial charge on any atom is 0.345 e. The topological polar surface area (TPSA) is 102 Å². The summed E-state index contributed by atoms with van der Waals surface area (Å²) in [5, 5.41) is 9.10. The van der Waals surface area contributed by atoms with Gasteiger partial charge in [-0.2, -0.15) is 4.99 Å². The molecule has 1 aliphatic heterocycles. The van der Waals surface area contributed by atoms with Crippen LogP contribution < -0.4 is 5.73 Å². The van der Waals surface area contributed by atoms with Gasteiger partial charge in [0.05, 0.1) is 0 Å². The minimum atomic E-state index is -0.764. The van der Waals surface area contributed by atoms with Crippen molar-refractivity contribution in [2.24, 2.45) is 10.7 Å². The van der Waals surface area contributed by atoms with Crippen molar-refractivity contribution < 1.29 is 19.4 Å². The average molecular weight is 184 g/mol. The lowest BCUT2D eigenvalue weighted by Crippen LogP contribution is -2.21. The summed E-state index contributed by atoms with van der Waals surface area (Å²) in [7, 11) is 0. The molecular formula is C7H8N2O4. The molecule has 0 aromatic rings. The largest absolute Gasteiger partial charge is 0.508 e. The van der Waals surface area contributed by atoms with Crippen LogP contribution in [0.25, 0.3) is 0 Å². The summed E-state index contributed by atoms with van der Waals surface area (Å²) in [4.78, 5) is 24.7. The number of nitrogens with two attached hydrogens (primary N) is 1. The SMILES string of the molecule is CC(=O)N=C(N)C1=C(O)COC1=O. The number of carbonyl (C=O) groups is 2. The number of amides is 1. The molecule has 1 aliphatic rings. The van der Waals surface area contributed by atoms with E-state index in [0.29, 0.717) is 0 Å². The third-order valence-corrected chi connectivity index (χ3v) is 1.37. The monoisotopic (exact) mass is 184 g/mol. The Morgan fingerprint density at radius 2 is 2.31 bits per heavy atom. The lowest BCUT2D eigenvalue weighted by molar-refractivity contribution is -0.135. The third kappa shape index (κ3) is 1.84. The Hall–Kier alpha value is -1.85. The molecule has 0 fully saturated rings. The molecule has 0 atom stereocenters. The highest BCUT2D eigenvalue weighted by molar-refractivity contribution is 6.21. The minimum Gasteiger partial charge on any atom is -0.508 e. The summed E-state index contributed by atoms with van der Waals surface area (Å²) in [6.07, 6.45) is 0. The fourth-order valence-corrected chi connectivity index (χ4v) is 0.874. The summed E-state index contributed by atoms with van der Waals surface area (Å²) in [5.41, 5.74) is 5.04. The predicted molar refractivity (Wildman–Crippen MR) is 42.9 cm³/mol. The minimum absolute atomic E-state index is 0.220. The Kier molecular flexibility index (Phi) is 2.32. The van der Waals surface area contributed by atoms with E-state index < -0.39 is 11.9 Å². The van der Waals surface area contributed by atoms with Gasteiger partial charge in [-0.3, -0.25) is 4.79 Å². The van der Waals surface area contributed by atoms with Gasteiger partial charge in [-0.05, 0) is 0 Å². The van der Waals surface area contributed by atoms with Crippen molar-refractivity contribution in [3.8, 4) is 0 Å². The van der Waals surface area contributed by atoms with Crippen molar-refractivity contribution in [3.63, 3.8) is 0 Å². The molecule has 6 heteroatoms. The van der Waals surface area contributed by atoms with Gasteiger partial charge in [-0.1, -0.05) is 0 Å². The molecule has 0 unspecified atom stereocenters. The molecular weight excluding hydrogens is 176 g/mol. The number of esters is 1. The fraction of sp³-hybridized carbons (Fsp3) is 0.286. The second-order valence-electron chi connectivity index (χ2n) is 2.41. The normalized spacial score (nSPS) is 17.6. The number of nitrogens with zero attached hydrogens (tertiary/aromatic N) is 1. The Morgan fingerprint density at radius 3 is 2.69 bits per heavy atom. The van der Waals surface area contributed by atoms with Crippen LogP contribution in [-0.4, -0.2) is 29.4 Å². The first kappa shape index (κ1) is 9.24. The molecule has 0 aliphatic carbocycles. The van der Waals surface area contributed by atoms with E-state index in [9.17, 15) is 9.59 Å². The smallest absolute Gasteiger partial charge is 0.345 e. The highest BCUT2D eigenvalue weighted by Gasteiger charge is 2.27. The Morgan fingerprint density at radius 1 is 1.69 bits per heavy atom. The fourth-order valence-electron chi connectivity index (χ4n) is 0.874. The van der Waals surface area contributed by atoms with Crippen LogP contribution in [0.5, 0.6) is 0 Å². The van der Waals surface area contributed by atoms with E-state index in [1.807, 2.05) is 0 Å². The molecule has 0 radical (unpaired) electrons. The quantitative estimate of drug-likeness (QED) is 0.317. The maximum absolute atomic E-state index is 10.9. The molecule has 0 spiro atoms. The van der Waals surface area contributed by atoms with Gasteiger partial charge in [0, 0.05) is 6.92 Å². The van der Waals surface area contributed by atoms with Crippen LogP contribution in [0, 0.1) is 0 Å². The molecule has 70 valence electrons. The standard InChI is InChI=1S/C7H8N2O4/c1-3(10)9-6(8)5-4(11)2-13-7(5)12/h11H,2H2,1H3,(H2,8,9,10). The van der Waals surface area contributed by atoms with E-state index in [0.717, 1.165) is 0 Å². The van der Waals surface area contributed by atoms with Crippen molar-refractivity contribution >= 4 is 17.7 Å². The van der Waals surface area contributed by atoms with E-state index in [-0.39, 0.29) is 23.8 Å². The highest BCUT2D eigenvalue weighted by atomic mass is 16.5. The first-order chi connectivity index (χ1) is 6.02. The predicted octanol–water partition coefficient (Wildman–Crippen LogP) is -0.741. The van der Waals surface area contributed by atoms with E-state index in [2.05, 4.69) is 9.73 Å². The molecule has 0 bridgehead atoms. The van der Waals surface area contributed by atoms with Gasteiger partial charge in [0.15, 0.2) is 0 Å². The average Bonchev–Trinajstić information content (AvgIpc) is 2.29. The van der Waals surface area contributed by atoms with Gasteiger partial charge in [0.2, 0.25) is 5.91 Å². The number of rotatable bonds is 1. The number of aliphatic imine (C=N–C) groups is 1. The van der Waals surface area contributed by atoms with Gasteiger partial charge in [0.25, 0.3) is 0 Å². The summed E-state index contributed by atoms with van der Waals surface area (Å²) >= 11 is 0. The molecule has 1 heterocycles. The molecule has 1 rings (SSSR count). The number of ether oxygens (including phenoxy) is 1. The second-order valence-corrected chi connectivity index (χ2v) is 2.41. The number of hydrogen-bond donors (Lipinski definition) is 2. The van der Waals surface area contributed by atoms with Gasteiger partial charge < -0.3 is 15.6 Å². The van der Waals surface area contributed by atoms with E-state index in [1.54, 1.807) is 0 Å². The summed E-state index contributed by atoms with van der Waals surface area (Å²) < 4.78 is 4.45. The van der Waals surface area contributed by atoms with Crippen LogP contribution in [0.3, 0.4) is 0 Å². The summed E-state index contributed by atoms with van der Waals surface area (Å²) in [5.74, 6) is -1.92. The van der Waals surface area contributed by atoms with Gasteiger partial charge >= 0.3 is 5.97 Å². The number of aliphatic hydroxyl groups is 1. The molecule has 1 amide bonds. The van der Waals surface area contributed by atoms with Gasteiger partial charge in [-0.15, -0.1) is 0 Å². The third-order valence-electron chi connectivity index (χ3n) is 1.37. The van der Waals surface area contributed by atoms with Crippen LogP contribution >= 0.6 is 0 Å². The zero-order valence-corrected chi connectivity index (χ0v) is 6.90. The summed E-state index contributed by atoms with van der Waals surface area (Å²) in [6.45, 7) is 0.965. The maximum atomic E-state index is 10.9. The molecule has 0 saturated carbocycles. The molecule has 6 nitrogen and oxygen atoms in total. The van der Waals surface area contributed by atoms with Gasteiger partial charge in [0.1, 0.15) is 23.8 Å². The first-order valence-corrected chi connectivity index (χ1v) is 3.46. The van der Waals surface area contributed by atoms with Crippen LogP contribution in [-0.2, 0) is 14.3 Å². The van der Waals surface area contributed by atoms with Crippen molar-refractivity contribution in [2.45, 2.75) is 6.92 Å². The van der Waals surface area contributed by atoms with Crippen molar-refractivity contribution in [3.05, 3.63) is 11.3 Å². The highest BCUT2D eigenvalue weighted by Crippen LogP contribution is 2.13. The Bertz CT molecular complexity index is 329. The molecule has 13 heavy (non-hydrogen) atoms. The van der Waals surface area contributed by atoms with E-state index in [1.165, 1.54) is 6.92 Å². The van der Waals surface area contributed by atoms with Crippen LogP contribution in [0.15, 0.2) is 16.3 Å². The lowest BCUT2D eigenvalue weighted by atomic mass is 10.2. The van der Waals surface area contributed by atoms with Crippen molar-refractivity contribution in [2.75, 3.05) is 6.61 Å². The van der Waals surface area contributed by atoms with Crippen LogP contribution in [0.2, 0.25) is 0 Å².